The average molecular weight is 654 g/mol. The van der Waals surface area contributed by atoms with E-state index in [1.807, 2.05) is 60.7 Å². The van der Waals surface area contributed by atoms with Crippen LogP contribution in [0.3, 0.4) is 0 Å². The summed E-state index contributed by atoms with van der Waals surface area (Å²) in [4.78, 5) is 14.9. The van der Waals surface area contributed by atoms with Crippen molar-refractivity contribution in [2.45, 2.75) is 19.3 Å². The molecule has 3 nitrogen and oxygen atoms in total. The first-order valence-corrected chi connectivity index (χ1v) is 17.4. The van der Waals surface area contributed by atoms with E-state index in [2.05, 4.69) is 129 Å². The fourth-order valence-corrected chi connectivity index (χ4v) is 7.38. The second-order valence-corrected chi connectivity index (χ2v) is 13.7. The molecule has 0 saturated heterocycles. The van der Waals surface area contributed by atoms with Gasteiger partial charge in [-0.05, 0) is 86.0 Å². The molecule has 8 aromatic rings. The average Bonchev–Trinajstić information content (AvgIpc) is 3.43. The van der Waals surface area contributed by atoms with Gasteiger partial charge in [-0.2, -0.15) is 0 Å². The first kappa shape index (κ1) is 30.6. The van der Waals surface area contributed by atoms with Crippen LogP contribution in [0.15, 0.2) is 176 Å². The maximum atomic E-state index is 5.02. The number of nitrogens with zero attached hydrogens (tertiary/aromatic N) is 3. The summed E-state index contributed by atoms with van der Waals surface area (Å²) in [5.41, 5.74) is 15.1. The minimum absolute atomic E-state index is 0.229. The maximum Gasteiger partial charge on any atom is 0.164 e. The molecule has 0 bridgehead atoms. The smallest absolute Gasteiger partial charge is 0.164 e. The minimum Gasteiger partial charge on any atom is -0.208 e. The quantitative estimate of drug-likeness (QED) is 0.179. The molecule has 0 fully saturated rings. The zero-order chi connectivity index (χ0) is 34.4. The van der Waals surface area contributed by atoms with Crippen molar-refractivity contribution in [3.8, 4) is 78.7 Å². The summed E-state index contributed by atoms with van der Waals surface area (Å²) >= 11 is 0. The third-order valence-electron chi connectivity index (χ3n) is 10.1. The van der Waals surface area contributed by atoms with Crippen LogP contribution in [0.5, 0.6) is 0 Å². The molecule has 51 heavy (non-hydrogen) atoms. The van der Waals surface area contributed by atoms with Crippen molar-refractivity contribution in [3.05, 3.63) is 187 Å². The van der Waals surface area contributed by atoms with Crippen LogP contribution in [0.25, 0.3) is 78.7 Å². The SMILES string of the molecule is CC1(C)c2cc(-c3cc(-c4ccccc4)cc(-c4ccccc4)c3)ccc2-c2ccc(-c3nc(-c4ccccc4)nc(-c4ccccc4)n3)cc21. The molecule has 1 aromatic heterocycles. The molecule has 0 spiro atoms. The van der Waals surface area contributed by atoms with Crippen LogP contribution in [0.4, 0.5) is 0 Å². The van der Waals surface area contributed by atoms with E-state index >= 15 is 0 Å². The van der Waals surface area contributed by atoms with E-state index < -0.39 is 0 Å². The highest BCUT2D eigenvalue weighted by atomic mass is 15.0. The molecule has 9 rings (SSSR count). The Kier molecular flexibility index (Phi) is 7.48. The number of fused-ring (bicyclic) bond motifs is 3. The molecule has 0 unspecified atom stereocenters. The molecule has 0 N–H and O–H groups in total. The van der Waals surface area contributed by atoms with E-state index in [1.54, 1.807) is 0 Å². The van der Waals surface area contributed by atoms with Crippen LogP contribution >= 0.6 is 0 Å². The van der Waals surface area contributed by atoms with Gasteiger partial charge in [0.25, 0.3) is 0 Å². The molecular formula is C48H35N3. The highest BCUT2D eigenvalue weighted by Gasteiger charge is 2.36. The van der Waals surface area contributed by atoms with Crippen LogP contribution in [0.1, 0.15) is 25.0 Å². The first-order valence-electron chi connectivity index (χ1n) is 17.4. The Balaban J connectivity index is 1.14. The summed E-state index contributed by atoms with van der Waals surface area (Å²) in [6.07, 6.45) is 0. The van der Waals surface area contributed by atoms with Crippen molar-refractivity contribution in [2.24, 2.45) is 0 Å². The second kappa shape index (κ2) is 12.5. The summed E-state index contributed by atoms with van der Waals surface area (Å²) in [7, 11) is 0. The predicted octanol–water partition coefficient (Wildman–Crippen LogP) is 12.2. The molecule has 0 aliphatic heterocycles. The molecule has 7 aromatic carbocycles. The summed E-state index contributed by atoms with van der Waals surface area (Å²) in [6.45, 7) is 4.67. The largest absolute Gasteiger partial charge is 0.208 e. The molecule has 0 amide bonds. The third-order valence-corrected chi connectivity index (χ3v) is 10.1. The van der Waals surface area contributed by atoms with Crippen molar-refractivity contribution in [1.82, 2.24) is 15.0 Å². The summed E-state index contributed by atoms with van der Waals surface area (Å²) in [6, 6.07) is 62.2. The monoisotopic (exact) mass is 653 g/mol. The Hall–Kier alpha value is -6.45. The Labute approximate surface area is 299 Å². The van der Waals surface area contributed by atoms with Crippen molar-refractivity contribution in [1.29, 1.82) is 0 Å². The van der Waals surface area contributed by atoms with Gasteiger partial charge in [0.15, 0.2) is 17.5 Å². The van der Waals surface area contributed by atoms with Gasteiger partial charge in [0.1, 0.15) is 0 Å². The van der Waals surface area contributed by atoms with Gasteiger partial charge in [-0.15, -0.1) is 0 Å². The Morgan fingerprint density at radius 3 is 1.06 bits per heavy atom. The minimum atomic E-state index is -0.229. The molecule has 0 atom stereocenters. The van der Waals surface area contributed by atoms with Crippen LogP contribution in [-0.4, -0.2) is 15.0 Å². The van der Waals surface area contributed by atoms with Gasteiger partial charge in [-0.3, -0.25) is 0 Å². The van der Waals surface area contributed by atoms with Gasteiger partial charge >= 0.3 is 0 Å². The van der Waals surface area contributed by atoms with Gasteiger partial charge in [0.2, 0.25) is 0 Å². The first-order chi connectivity index (χ1) is 25.0. The van der Waals surface area contributed by atoms with Gasteiger partial charge in [-0.25, -0.2) is 15.0 Å². The van der Waals surface area contributed by atoms with E-state index in [0.29, 0.717) is 17.5 Å². The lowest BCUT2D eigenvalue weighted by Crippen LogP contribution is -2.15. The van der Waals surface area contributed by atoms with Gasteiger partial charge < -0.3 is 0 Å². The number of hydrogen-bond acceptors (Lipinski definition) is 3. The molecule has 1 aliphatic rings. The predicted molar refractivity (Wildman–Crippen MR) is 210 cm³/mol. The zero-order valence-corrected chi connectivity index (χ0v) is 28.6. The lowest BCUT2D eigenvalue weighted by atomic mass is 9.81. The van der Waals surface area contributed by atoms with Crippen molar-refractivity contribution >= 4 is 0 Å². The van der Waals surface area contributed by atoms with E-state index in [4.69, 9.17) is 15.0 Å². The molecule has 242 valence electrons. The normalized spacial score (nSPS) is 12.7. The van der Waals surface area contributed by atoms with Crippen molar-refractivity contribution in [3.63, 3.8) is 0 Å². The lowest BCUT2D eigenvalue weighted by molar-refractivity contribution is 0.661. The Morgan fingerprint density at radius 2 is 0.627 bits per heavy atom. The number of aromatic nitrogens is 3. The van der Waals surface area contributed by atoms with E-state index in [1.165, 1.54) is 55.6 Å². The van der Waals surface area contributed by atoms with E-state index in [0.717, 1.165) is 16.7 Å². The highest BCUT2D eigenvalue weighted by molar-refractivity contribution is 5.87. The molecule has 1 heterocycles. The molecule has 0 radical (unpaired) electrons. The fourth-order valence-electron chi connectivity index (χ4n) is 7.38. The van der Waals surface area contributed by atoms with Gasteiger partial charge in [0, 0.05) is 22.1 Å². The van der Waals surface area contributed by atoms with Crippen LogP contribution < -0.4 is 0 Å². The highest BCUT2D eigenvalue weighted by Crippen LogP contribution is 2.51. The summed E-state index contributed by atoms with van der Waals surface area (Å²) in [5.74, 6) is 2.00. The Morgan fingerprint density at radius 1 is 0.294 bits per heavy atom. The van der Waals surface area contributed by atoms with Crippen molar-refractivity contribution in [2.75, 3.05) is 0 Å². The topological polar surface area (TPSA) is 38.7 Å². The molecule has 3 heteroatoms. The molecular weight excluding hydrogens is 619 g/mol. The van der Waals surface area contributed by atoms with Crippen LogP contribution in [-0.2, 0) is 5.41 Å². The van der Waals surface area contributed by atoms with Crippen molar-refractivity contribution < 1.29 is 0 Å². The maximum absolute atomic E-state index is 5.02. The standard InChI is InChI=1S/C48H35N3/c1-48(2)43-30-36(40-28-38(32-15-7-3-8-16-32)27-39(29-40)33-17-9-4-10-18-33)23-25-41(43)42-26-24-37(31-44(42)48)47-50-45(34-19-11-5-12-20-34)49-46(51-47)35-21-13-6-14-22-35/h3-31H,1-2H3. The zero-order valence-electron chi connectivity index (χ0n) is 28.6. The van der Waals surface area contributed by atoms with Crippen LogP contribution in [0, 0.1) is 0 Å². The number of benzene rings is 7. The number of rotatable bonds is 6. The second-order valence-electron chi connectivity index (χ2n) is 13.7. The number of hydrogen-bond donors (Lipinski definition) is 0. The molecule has 0 saturated carbocycles. The Bertz CT molecular complexity index is 2230. The summed E-state index contributed by atoms with van der Waals surface area (Å²) < 4.78 is 0. The van der Waals surface area contributed by atoms with Gasteiger partial charge in [0.05, 0.1) is 0 Å². The summed E-state index contributed by atoms with van der Waals surface area (Å²) in [5, 5.41) is 0. The molecule has 1 aliphatic carbocycles. The van der Waals surface area contributed by atoms with Gasteiger partial charge in [-0.1, -0.05) is 159 Å². The third kappa shape index (κ3) is 5.63. The van der Waals surface area contributed by atoms with E-state index in [-0.39, 0.29) is 5.41 Å². The van der Waals surface area contributed by atoms with Crippen LogP contribution in [0.2, 0.25) is 0 Å². The van der Waals surface area contributed by atoms with E-state index in [9.17, 15) is 0 Å². The fraction of sp³-hybridized carbons (Fsp3) is 0.0625. The lowest BCUT2D eigenvalue weighted by Gasteiger charge is -2.23.